The Labute approximate surface area is 114 Å². The summed E-state index contributed by atoms with van der Waals surface area (Å²) in [5.74, 6) is 6.53. The van der Waals surface area contributed by atoms with Gasteiger partial charge in [-0.25, -0.2) is 0 Å². The Morgan fingerprint density at radius 1 is 1.47 bits per heavy atom. The lowest BCUT2D eigenvalue weighted by Crippen LogP contribution is -2.50. The fourth-order valence-corrected chi connectivity index (χ4v) is 2.34. The summed E-state index contributed by atoms with van der Waals surface area (Å²) in [6.45, 7) is 3.91. The van der Waals surface area contributed by atoms with E-state index in [9.17, 15) is 0 Å². The highest BCUT2D eigenvalue weighted by molar-refractivity contribution is 5.37. The van der Waals surface area contributed by atoms with Crippen molar-refractivity contribution in [1.29, 1.82) is 0 Å². The molecule has 19 heavy (non-hydrogen) atoms. The molecule has 0 aliphatic carbocycles. The van der Waals surface area contributed by atoms with E-state index >= 15 is 0 Å². The first kappa shape index (κ1) is 14.3. The first-order valence-corrected chi connectivity index (χ1v) is 6.53. The van der Waals surface area contributed by atoms with Crippen molar-refractivity contribution >= 4 is 0 Å². The van der Waals surface area contributed by atoms with Crippen molar-refractivity contribution < 1.29 is 14.2 Å². The van der Waals surface area contributed by atoms with E-state index in [0.717, 1.165) is 17.7 Å². The van der Waals surface area contributed by atoms with Crippen LogP contribution in [0.5, 0.6) is 5.75 Å². The van der Waals surface area contributed by atoms with Crippen LogP contribution < -0.4 is 16.0 Å². The first-order chi connectivity index (χ1) is 9.24. The Kier molecular flexibility index (Phi) is 5.15. The van der Waals surface area contributed by atoms with Crippen LogP contribution in [0.1, 0.15) is 11.1 Å². The summed E-state index contributed by atoms with van der Waals surface area (Å²) in [6, 6.07) is 6.15. The fraction of sp³-hybridized carbons (Fsp3) is 0.571. The highest BCUT2D eigenvalue weighted by Crippen LogP contribution is 2.22. The average molecular weight is 266 g/mol. The van der Waals surface area contributed by atoms with Gasteiger partial charge in [-0.2, -0.15) is 0 Å². The van der Waals surface area contributed by atoms with Gasteiger partial charge in [0.15, 0.2) is 0 Å². The number of hydrogen-bond donors (Lipinski definition) is 2. The van der Waals surface area contributed by atoms with E-state index in [1.54, 1.807) is 7.11 Å². The SMILES string of the molecule is COc1ccc(C)cc1CC(NN)C1COCCO1. The average Bonchev–Trinajstić information content (AvgIpc) is 2.46. The highest BCUT2D eigenvalue weighted by atomic mass is 16.6. The summed E-state index contributed by atoms with van der Waals surface area (Å²) >= 11 is 0. The predicted octanol–water partition coefficient (Wildman–Crippen LogP) is 0.793. The number of benzene rings is 1. The number of rotatable bonds is 5. The van der Waals surface area contributed by atoms with E-state index in [0.29, 0.717) is 19.8 Å². The smallest absolute Gasteiger partial charge is 0.122 e. The Bertz CT molecular complexity index is 406. The molecule has 2 unspecified atom stereocenters. The van der Waals surface area contributed by atoms with Gasteiger partial charge in [0.1, 0.15) is 5.75 Å². The number of methoxy groups -OCH3 is 1. The second kappa shape index (κ2) is 6.86. The third kappa shape index (κ3) is 3.67. The van der Waals surface area contributed by atoms with Crippen molar-refractivity contribution in [2.75, 3.05) is 26.9 Å². The van der Waals surface area contributed by atoms with E-state index in [-0.39, 0.29) is 12.1 Å². The van der Waals surface area contributed by atoms with Gasteiger partial charge in [-0.15, -0.1) is 0 Å². The molecule has 5 heteroatoms. The molecular weight excluding hydrogens is 244 g/mol. The van der Waals surface area contributed by atoms with Crippen molar-refractivity contribution in [2.24, 2.45) is 5.84 Å². The quantitative estimate of drug-likeness (QED) is 0.609. The molecule has 0 saturated carbocycles. The summed E-state index contributed by atoms with van der Waals surface area (Å²) in [4.78, 5) is 0. The van der Waals surface area contributed by atoms with Gasteiger partial charge in [-0.05, 0) is 25.0 Å². The zero-order chi connectivity index (χ0) is 13.7. The number of ether oxygens (including phenoxy) is 3. The summed E-state index contributed by atoms with van der Waals surface area (Å²) in [6.07, 6.45) is 0.721. The molecule has 2 atom stereocenters. The van der Waals surface area contributed by atoms with Crippen LogP contribution >= 0.6 is 0 Å². The lowest BCUT2D eigenvalue weighted by Gasteiger charge is -2.30. The largest absolute Gasteiger partial charge is 0.496 e. The fourth-order valence-electron chi connectivity index (χ4n) is 2.34. The Hall–Kier alpha value is -1.14. The molecule has 1 aromatic carbocycles. The van der Waals surface area contributed by atoms with E-state index in [2.05, 4.69) is 18.4 Å². The molecule has 106 valence electrons. The van der Waals surface area contributed by atoms with Gasteiger partial charge >= 0.3 is 0 Å². The van der Waals surface area contributed by atoms with E-state index in [1.807, 2.05) is 12.1 Å². The van der Waals surface area contributed by atoms with Gasteiger partial charge < -0.3 is 14.2 Å². The molecule has 5 nitrogen and oxygen atoms in total. The lowest BCUT2D eigenvalue weighted by molar-refractivity contribution is -0.101. The minimum atomic E-state index is -0.0241. The van der Waals surface area contributed by atoms with Crippen LogP contribution in [-0.4, -0.2) is 39.1 Å². The van der Waals surface area contributed by atoms with Crippen LogP contribution in [0.3, 0.4) is 0 Å². The number of aryl methyl sites for hydroxylation is 1. The molecule has 2 rings (SSSR count). The molecule has 0 radical (unpaired) electrons. The molecule has 1 fully saturated rings. The van der Waals surface area contributed by atoms with Crippen LogP contribution in [0.25, 0.3) is 0 Å². The Morgan fingerprint density at radius 2 is 2.32 bits per heavy atom. The second-order valence-electron chi connectivity index (χ2n) is 4.78. The van der Waals surface area contributed by atoms with Crippen LogP contribution in [0.15, 0.2) is 18.2 Å². The molecule has 0 bridgehead atoms. The van der Waals surface area contributed by atoms with Gasteiger partial charge in [0.25, 0.3) is 0 Å². The molecule has 0 amide bonds. The minimum Gasteiger partial charge on any atom is -0.496 e. The maximum atomic E-state index is 5.70. The number of nitrogens with one attached hydrogen (secondary N) is 1. The first-order valence-electron chi connectivity index (χ1n) is 6.53. The summed E-state index contributed by atoms with van der Waals surface area (Å²) in [7, 11) is 1.68. The van der Waals surface area contributed by atoms with Gasteiger partial charge in [-0.1, -0.05) is 17.7 Å². The molecule has 1 aliphatic rings. The van der Waals surface area contributed by atoms with E-state index < -0.39 is 0 Å². The summed E-state index contributed by atoms with van der Waals surface area (Å²) < 4.78 is 16.5. The normalized spacial score (nSPS) is 21.1. The molecule has 1 aliphatic heterocycles. The summed E-state index contributed by atoms with van der Waals surface area (Å²) in [5.41, 5.74) is 5.16. The Morgan fingerprint density at radius 3 is 2.95 bits per heavy atom. The number of hydrazine groups is 1. The topological polar surface area (TPSA) is 65.7 Å². The van der Waals surface area contributed by atoms with Crippen LogP contribution in [0.2, 0.25) is 0 Å². The van der Waals surface area contributed by atoms with Gasteiger partial charge in [-0.3, -0.25) is 11.3 Å². The third-order valence-electron chi connectivity index (χ3n) is 3.38. The molecular formula is C14H22N2O3. The van der Waals surface area contributed by atoms with E-state index in [4.69, 9.17) is 20.1 Å². The van der Waals surface area contributed by atoms with Crippen molar-refractivity contribution in [1.82, 2.24) is 5.43 Å². The molecule has 1 aromatic rings. The minimum absolute atomic E-state index is 0.0102. The zero-order valence-electron chi connectivity index (χ0n) is 11.5. The van der Waals surface area contributed by atoms with Crippen molar-refractivity contribution in [3.63, 3.8) is 0 Å². The maximum Gasteiger partial charge on any atom is 0.122 e. The van der Waals surface area contributed by atoms with Crippen LogP contribution in [-0.2, 0) is 15.9 Å². The molecule has 0 aromatic heterocycles. The molecule has 1 heterocycles. The number of nitrogens with two attached hydrogens (primary N) is 1. The maximum absolute atomic E-state index is 5.70. The lowest BCUT2D eigenvalue weighted by atomic mass is 9.99. The number of hydrogen-bond acceptors (Lipinski definition) is 5. The van der Waals surface area contributed by atoms with Crippen molar-refractivity contribution in [2.45, 2.75) is 25.5 Å². The predicted molar refractivity (Wildman–Crippen MR) is 73.1 cm³/mol. The standard InChI is InChI=1S/C14H22N2O3/c1-10-3-4-13(17-2)11(7-10)8-12(16-15)14-9-18-5-6-19-14/h3-4,7,12,14,16H,5-6,8-9,15H2,1-2H3. The molecule has 3 N–H and O–H groups in total. The zero-order valence-corrected chi connectivity index (χ0v) is 11.5. The van der Waals surface area contributed by atoms with Crippen LogP contribution in [0, 0.1) is 6.92 Å². The highest BCUT2D eigenvalue weighted by Gasteiger charge is 2.25. The Balaban J connectivity index is 2.10. The van der Waals surface area contributed by atoms with E-state index in [1.165, 1.54) is 5.56 Å². The van der Waals surface area contributed by atoms with Crippen LogP contribution in [0.4, 0.5) is 0 Å². The summed E-state index contributed by atoms with van der Waals surface area (Å²) in [5, 5.41) is 0. The second-order valence-corrected chi connectivity index (χ2v) is 4.78. The van der Waals surface area contributed by atoms with Crippen molar-refractivity contribution in [3.05, 3.63) is 29.3 Å². The van der Waals surface area contributed by atoms with Gasteiger partial charge in [0, 0.05) is 0 Å². The molecule has 0 spiro atoms. The van der Waals surface area contributed by atoms with Crippen molar-refractivity contribution in [3.8, 4) is 5.75 Å². The monoisotopic (exact) mass is 266 g/mol. The van der Waals surface area contributed by atoms with Gasteiger partial charge in [0.05, 0.1) is 39.1 Å². The van der Waals surface area contributed by atoms with Gasteiger partial charge in [0.2, 0.25) is 0 Å². The third-order valence-corrected chi connectivity index (χ3v) is 3.38. The molecule has 1 saturated heterocycles.